The van der Waals surface area contributed by atoms with Gasteiger partial charge in [0.2, 0.25) is 0 Å². The number of hydrogen-bond acceptors (Lipinski definition) is 2. The molecule has 0 amide bonds. The third kappa shape index (κ3) is 7.19. The first kappa shape index (κ1) is 14.3. The van der Waals surface area contributed by atoms with E-state index in [2.05, 4.69) is 19.1 Å². The summed E-state index contributed by atoms with van der Waals surface area (Å²) in [6.45, 7) is 2.15. The number of carbonyl (C=O) groups is 1. The third-order valence-corrected chi connectivity index (χ3v) is 3.22. The van der Waals surface area contributed by atoms with Crippen LogP contribution >= 0.6 is 0 Å². The summed E-state index contributed by atoms with van der Waals surface area (Å²) >= 11 is 0. The Balaban J connectivity index is 2.40. The summed E-state index contributed by atoms with van der Waals surface area (Å²) in [6.07, 6.45) is 15.2. The van der Waals surface area contributed by atoms with Gasteiger partial charge in [0.1, 0.15) is 6.10 Å². The second-order valence-electron chi connectivity index (χ2n) is 4.90. The van der Waals surface area contributed by atoms with Crippen molar-refractivity contribution >= 4 is 5.97 Å². The average Bonchev–Trinajstić information content (AvgIpc) is 2.32. The summed E-state index contributed by atoms with van der Waals surface area (Å²) in [5.74, 6) is 0.00618. The Hall–Kier alpha value is -0.790. The van der Waals surface area contributed by atoms with E-state index in [0.717, 1.165) is 38.5 Å². The molecular weight excluding hydrogens is 212 g/mol. The summed E-state index contributed by atoms with van der Waals surface area (Å²) in [5, 5.41) is 0. The standard InChI is InChI=1S/C15H26O2/c1-2-11-14-12-9-7-5-3-4-6-8-10-13-15(16)17-14/h3-4,14H,2,5-13H2,1H3/b4-3-. The zero-order valence-electron chi connectivity index (χ0n) is 11.1. The van der Waals surface area contributed by atoms with E-state index in [1.807, 2.05) is 0 Å². The van der Waals surface area contributed by atoms with Gasteiger partial charge >= 0.3 is 5.97 Å². The lowest BCUT2D eigenvalue weighted by Crippen LogP contribution is -2.18. The number of ether oxygens (including phenoxy) is 1. The second-order valence-corrected chi connectivity index (χ2v) is 4.90. The number of carbonyl (C=O) groups excluding carboxylic acids is 1. The van der Waals surface area contributed by atoms with Gasteiger partial charge in [-0.05, 0) is 51.4 Å². The largest absolute Gasteiger partial charge is 0.462 e. The fraction of sp³-hybridized carbons (Fsp3) is 0.800. The number of hydrogen-bond donors (Lipinski definition) is 0. The van der Waals surface area contributed by atoms with Crippen molar-refractivity contribution in [1.82, 2.24) is 0 Å². The maximum absolute atomic E-state index is 11.6. The van der Waals surface area contributed by atoms with Crippen LogP contribution in [0.25, 0.3) is 0 Å². The highest BCUT2D eigenvalue weighted by Gasteiger charge is 2.13. The van der Waals surface area contributed by atoms with Gasteiger partial charge in [0, 0.05) is 6.42 Å². The molecule has 1 atom stereocenters. The van der Waals surface area contributed by atoms with Crippen molar-refractivity contribution in [3.05, 3.63) is 12.2 Å². The molecule has 0 radical (unpaired) electrons. The van der Waals surface area contributed by atoms with E-state index in [1.165, 1.54) is 19.3 Å². The smallest absolute Gasteiger partial charge is 0.306 e. The molecule has 0 spiro atoms. The topological polar surface area (TPSA) is 26.3 Å². The van der Waals surface area contributed by atoms with Crippen LogP contribution in [0, 0.1) is 0 Å². The van der Waals surface area contributed by atoms with Crippen LogP contribution in [-0.2, 0) is 9.53 Å². The van der Waals surface area contributed by atoms with Crippen molar-refractivity contribution in [2.75, 3.05) is 0 Å². The monoisotopic (exact) mass is 238 g/mol. The lowest BCUT2D eigenvalue weighted by atomic mass is 10.1. The molecule has 2 heteroatoms. The van der Waals surface area contributed by atoms with Crippen molar-refractivity contribution in [3.63, 3.8) is 0 Å². The first-order valence-corrected chi connectivity index (χ1v) is 7.17. The highest BCUT2D eigenvalue weighted by Crippen LogP contribution is 2.15. The number of esters is 1. The van der Waals surface area contributed by atoms with Crippen molar-refractivity contribution in [2.45, 2.75) is 77.2 Å². The minimum absolute atomic E-state index is 0.00618. The summed E-state index contributed by atoms with van der Waals surface area (Å²) < 4.78 is 5.55. The van der Waals surface area contributed by atoms with Crippen LogP contribution in [0.1, 0.15) is 71.1 Å². The van der Waals surface area contributed by atoms with Gasteiger partial charge in [0.25, 0.3) is 0 Å². The van der Waals surface area contributed by atoms with E-state index in [-0.39, 0.29) is 12.1 Å². The van der Waals surface area contributed by atoms with Crippen LogP contribution in [0.15, 0.2) is 12.2 Å². The van der Waals surface area contributed by atoms with E-state index in [0.29, 0.717) is 6.42 Å². The van der Waals surface area contributed by atoms with Crippen LogP contribution in [0.3, 0.4) is 0 Å². The highest BCUT2D eigenvalue weighted by molar-refractivity contribution is 5.69. The van der Waals surface area contributed by atoms with Gasteiger partial charge in [-0.2, -0.15) is 0 Å². The van der Waals surface area contributed by atoms with E-state index >= 15 is 0 Å². The predicted molar refractivity (Wildman–Crippen MR) is 70.9 cm³/mol. The molecule has 0 fully saturated rings. The second kappa shape index (κ2) is 9.26. The van der Waals surface area contributed by atoms with Crippen molar-refractivity contribution in [2.24, 2.45) is 0 Å². The molecule has 1 heterocycles. The molecule has 98 valence electrons. The number of rotatable bonds is 2. The van der Waals surface area contributed by atoms with Gasteiger partial charge in [-0.25, -0.2) is 0 Å². The van der Waals surface area contributed by atoms with Gasteiger partial charge in [-0.1, -0.05) is 25.5 Å². The number of cyclic esters (lactones) is 1. The van der Waals surface area contributed by atoms with Crippen LogP contribution in [0.4, 0.5) is 0 Å². The molecule has 1 unspecified atom stereocenters. The Bertz CT molecular complexity index is 233. The molecule has 0 aromatic rings. The summed E-state index contributed by atoms with van der Waals surface area (Å²) in [5.41, 5.74) is 0. The van der Waals surface area contributed by atoms with Gasteiger partial charge < -0.3 is 4.74 Å². The van der Waals surface area contributed by atoms with E-state index < -0.39 is 0 Å². The van der Waals surface area contributed by atoms with E-state index in [4.69, 9.17) is 4.74 Å². The normalized spacial score (nSPS) is 26.2. The lowest BCUT2D eigenvalue weighted by molar-refractivity contribution is -0.149. The Labute approximate surface area is 105 Å². The Morgan fingerprint density at radius 3 is 2.59 bits per heavy atom. The molecule has 1 aliphatic rings. The fourth-order valence-electron chi connectivity index (χ4n) is 2.23. The quantitative estimate of drug-likeness (QED) is 0.527. The maximum Gasteiger partial charge on any atom is 0.306 e. The molecule has 17 heavy (non-hydrogen) atoms. The molecular formula is C15H26O2. The molecule has 0 aliphatic carbocycles. The van der Waals surface area contributed by atoms with Gasteiger partial charge in [0.15, 0.2) is 0 Å². The molecule has 0 aromatic heterocycles. The predicted octanol–water partition coefficient (Wildman–Crippen LogP) is 4.39. The molecule has 0 saturated carbocycles. The SMILES string of the molecule is CCCC1CCCC/C=C\CCCCC(=O)O1. The van der Waals surface area contributed by atoms with Gasteiger partial charge in [0.05, 0.1) is 0 Å². The summed E-state index contributed by atoms with van der Waals surface area (Å²) in [6, 6.07) is 0. The average molecular weight is 238 g/mol. The Morgan fingerprint density at radius 1 is 1.18 bits per heavy atom. The van der Waals surface area contributed by atoms with Crippen LogP contribution in [0.5, 0.6) is 0 Å². The van der Waals surface area contributed by atoms with Crippen LogP contribution in [0.2, 0.25) is 0 Å². The maximum atomic E-state index is 11.6. The molecule has 0 bridgehead atoms. The van der Waals surface area contributed by atoms with Crippen molar-refractivity contribution in [3.8, 4) is 0 Å². The van der Waals surface area contributed by atoms with Gasteiger partial charge in [-0.15, -0.1) is 0 Å². The Morgan fingerprint density at radius 2 is 1.88 bits per heavy atom. The van der Waals surface area contributed by atoms with Crippen LogP contribution < -0.4 is 0 Å². The molecule has 1 aliphatic heterocycles. The first-order valence-electron chi connectivity index (χ1n) is 7.17. The molecule has 0 aromatic carbocycles. The summed E-state index contributed by atoms with van der Waals surface area (Å²) in [7, 11) is 0. The Kier molecular flexibility index (Phi) is 7.78. The van der Waals surface area contributed by atoms with E-state index in [1.54, 1.807) is 0 Å². The lowest BCUT2D eigenvalue weighted by Gasteiger charge is -2.17. The molecule has 1 rings (SSSR count). The van der Waals surface area contributed by atoms with Gasteiger partial charge in [-0.3, -0.25) is 4.79 Å². The summed E-state index contributed by atoms with van der Waals surface area (Å²) in [4.78, 5) is 11.6. The fourth-order valence-corrected chi connectivity index (χ4v) is 2.23. The highest BCUT2D eigenvalue weighted by atomic mass is 16.5. The number of allylic oxidation sites excluding steroid dienone is 2. The zero-order chi connectivity index (χ0) is 12.3. The third-order valence-electron chi connectivity index (χ3n) is 3.22. The molecule has 2 nitrogen and oxygen atoms in total. The molecule has 0 saturated heterocycles. The van der Waals surface area contributed by atoms with E-state index in [9.17, 15) is 4.79 Å². The van der Waals surface area contributed by atoms with Crippen molar-refractivity contribution < 1.29 is 9.53 Å². The zero-order valence-corrected chi connectivity index (χ0v) is 11.1. The van der Waals surface area contributed by atoms with Crippen molar-refractivity contribution in [1.29, 1.82) is 0 Å². The van der Waals surface area contributed by atoms with Crippen LogP contribution in [-0.4, -0.2) is 12.1 Å². The minimum atomic E-state index is 0.00618. The minimum Gasteiger partial charge on any atom is -0.462 e. The molecule has 0 N–H and O–H groups in total. The first-order chi connectivity index (χ1) is 8.33.